The number of nitrogens with one attached hydrogen (secondary N) is 1. The summed E-state index contributed by atoms with van der Waals surface area (Å²) in [5.41, 5.74) is 0. The molecule has 3 heteroatoms. The number of rotatable bonds is 6. The maximum Gasteiger partial charge on any atom is 0.0621 e. The number of nitrogens with zero attached hydrogens (tertiary/aromatic N) is 1. The van der Waals surface area contributed by atoms with Crippen LogP contribution in [0.4, 0.5) is 0 Å². The quantitative estimate of drug-likeness (QED) is 0.692. The van der Waals surface area contributed by atoms with Crippen molar-refractivity contribution in [3.8, 4) is 6.07 Å². The Balaban J connectivity index is 2.92. The Morgan fingerprint density at radius 2 is 2.27 bits per heavy atom. The highest BCUT2D eigenvalue weighted by Gasteiger charge is 1.88. The smallest absolute Gasteiger partial charge is 0.0621 e. The van der Waals surface area contributed by atoms with Crippen LogP contribution in [0, 0.1) is 11.3 Å². The predicted molar refractivity (Wildman–Crippen MR) is 50.4 cm³/mol. The van der Waals surface area contributed by atoms with Crippen molar-refractivity contribution in [3.63, 3.8) is 0 Å². The zero-order valence-corrected chi connectivity index (χ0v) is 8.15. The van der Waals surface area contributed by atoms with E-state index in [-0.39, 0.29) is 0 Å². The maximum atomic E-state index is 8.22. The molecule has 11 heavy (non-hydrogen) atoms. The predicted octanol–water partition coefficient (Wildman–Crippen LogP) is 2.18. The average Bonchev–Trinajstić information content (AvgIpc) is 1.96. The third-order valence-electron chi connectivity index (χ3n) is 1.21. The van der Waals surface area contributed by atoms with Gasteiger partial charge in [-0.3, -0.25) is 0 Å². The van der Waals surface area contributed by atoms with Crippen molar-refractivity contribution in [2.24, 2.45) is 0 Å². The van der Waals surface area contributed by atoms with Crippen LogP contribution in [-0.2, 0) is 0 Å². The highest BCUT2D eigenvalue weighted by Crippen LogP contribution is 1.97. The molecule has 0 atom stereocenters. The van der Waals surface area contributed by atoms with Gasteiger partial charge in [0.1, 0.15) is 0 Å². The van der Waals surface area contributed by atoms with Gasteiger partial charge in [0.25, 0.3) is 0 Å². The minimum absolute atomic E-state index is 0.664. The molecule has 0 radical (unpaired) electrons. The van der Waals surface area contributed by atoms with Crippen molar-refractivity contribution in [3.05, 3.63) is 11.1 Å². The first kappa shape index (κ1) is 10.7. The van der Waals surface area contributed by atoms with Gasteiger partial charge in [-0.15, -0.1) is 0 Å². The SMILES string of the molecule is C=C(Br)CNCCCCC#N. The summed E-state index contributed by atoms with van der Waals surface area (Å²) in [6, 6.07) is 2.11. The molecule has 0 amide bonds. The van der Waals surface area contributed by atoms with Crippen LogP contribution in [0.1, 0.15) is 19.3 Å². The second-order valence-corrected chi connectivity index (χ2v) is 3.43. The van der Waals surface area contributed by atoms with Crippen LogP contribution in [0.15, 0.2) is 11.1 Å². The lowest BCUT2D eigenvalue weighted by Crippen LogP contribution is -2.16. The van der Waals surface area contributed by atoms with E-state index in [2.05, 4.69) is 33.9 Å². The number of hydrogen-bond donors (Lipinski definition) is 1. The first-order valence-electron chi connectivity index (χ1n) is 3.68. The molecule has 0 aliphatic heterocycles. The molecule has 0 saturated heterocycles. The standard InChI is InChI=1S/C8H13BrN2/c1-8(9)7-11-6-4-2-3-5-10/h11H,1-4,6-7H2. The van der Waals surface area contributed by atoms with Gasteiger partial charge in [0.15, 0.2) is 0 Å². The Hall–Kier alpha value is -0.330. The lowest BCUT2D eigenvalue weighted by Gasteiger charge is -2.00. The van der Waals surface area contributed by atoms with Crippen molar-refractivity contribution in [1.29, 1.82) is 5.26 Å². The topological polar surface area (TPSA) is 35.8 Å². The molecule has 0 aromatic heterocycles. The number of nitriles is 1. The van der Waals surface area contributed by atoms with Gasteiger partial charge in [-0.1, -0.05) is 22.5 Å². The Morgan fingerprint density at radius 3 is 2.82 bits per heavy atom. The minimum Gasteiger partial charge on any atom is -0.312 e. The fourth-order valence-electron chi connectivity index (χ4n) is 0.678. The summed E-state index contributed by atoms with van der Waals surface area (Å²) in [7, 11) is 0. The Morgan fingerprint density at radius 1 is 1.55 bits per heavy atom. The normalized spacial score (nSPS) is 9.09. The summed E-state index contributed by atoms with van der Waals surface area (Å²) in [5.74, 6) is 0. The Bertz CT molecular complexity index is 149. The molecule has 0 aromatic carbocycles. The Kier molecular flexibility index (Phi) is 7.54. The van der Waals surface area contributed by atoms with E-state index in [1.807, 2.05) is 0 Å². The Labute approximate surface area is 76.4 Å². The molecule has 0 aliphatic rings. The van der Waals surface area contributed by atoms with Crippen LogP contribution in [0.5, 0.6) is 0 Å². The summed E-state index contributed by atoms with van der Waals surface area (Å²) in [6.07, 6.45) is 2.71. The maximum absolute atomic E-state index is 8.22. The highest BCUT2D eigenvalue weighted by molar-refractivity contribution is 9.11. The number of halogens is 1. The molecule has 0 aliphatic carbocycles. The second kappa shape index (κ2) is 7.77. The molecule has 0 rings (SSSR count). The first-order valence-corrected chi connectivity index (χ1v) is 4.47. The largest absolute Gasteiger partial charge is 0.312 e. The summed E-state index contributed by atoms with van der Waals surface area (Å²) in [4.78, 5) is 0. The lowest BCUT2D eigenvalue weighted by molar-refractivity contribution is 0.662. The average molecular weight is 217 g/mol. The highest BCUT2D eigenvalue weighted by atomic mass is 79.9. The van der Waals surface area contributed by atoms with E-state index in [0.717, 1.165) is 30.4 Å². The van der Waals surface area contributed by atoms with Gasteiger partial charge in [0.05, 0.1) is 6.07 Å². The molecule has 0 unspecified atom stereocenters. The van der Waals surface area contributed by atoms with E-state index >= 15 is 0 Å². The fourth-order valence-corrected chi connectivity index (χ4v) is 0.876. The van der Waals surface area contributed by atoms with Crippen molar-refractivity contribution in [1.82, 2.24) is 5.32 Å². The van der Waals surface area contributed by atoms with Crippen LogP contribution in [0.3, 0.4) is 0 Å². The zero-order valence-electron chi connectivity index (χ0n) is 6.57. The molecule has 62 valence electrons. The van der Waals surface area contributed by atoms with Crippen molar-refractivity contribution < 1.29 is 0 Å². The van der Waals surface area contributed by atoms with Crippen LogP contribution >= 0.6 is 15.9 Å². The number of unbranched alkanes of at least 4 members (excludes halogenated alkanes) is 2. The molecule has 0 fully saturated rings. The fraction of sp³-hybridized carbons (Fsp3) is 0.625. The van der Waals surface area contributed by atoms with E-state index in [4.69, 9.17) is 5.26 Å². The minimum atomic E-state index is 0.664. The van der Waals surface area contributed by atoms with Crippen LogP contribution in [-0.4, -0.2) is 13.1 Å². The van der Waals surface area contributed by atoms with Gasteiger partial charge in [-0.25, -0.2) is 0 Å². The summed E-state index contributed by atoms with van der Waals surface area (Å²) >= 11 is 3.25. The van der Waals surface area contributed by atoms with Gasteiger partial charge in [-0.2, -0.15) is 5.26 Å². The molecule has 0 spiro atoms. The summed E-state index contributed by atoms with van der Waals surface area (Å²) in [5, 5.41) is 11.4. The molecular formula is C8H13BrN2. The molecule has 0 bridgehead atoms. The third-order valence-corrected chi connectivity index (χ3v) is 1.49. The van der Waals surface area contributed by atoms with Gasteiger partial charge in [-0.05, 0) is 19.4 Å². The van der Waals surface area contributed by atoms with Crippen molar-refractivity contribution >= 4 is 15.9 Å². The second-order valence-electron chi connectivity index (χ2n) is 2.31. The van der Waals surface area contributed by atoms with Crippen molar-refractivity contribution in [2.45, 2.75) is 19.3 Å². The summed E-state index contributed by atoms with van der Waals surface area (Å²) < 4.78 is 0.970. The first-order chi connectivity index (χ1) is 5.27. The van der Waals surface area contributed by atoms with E-state index < -0.39 is 0 Å². The van der Waals surface area contributed by atoms with E-state index in [1.165, 1.54) is 0 Å². The molecular weight excluding hydrogens is 204 g/mol. The van der Waals surface area contributed by atoms with Gasteiger partial charge >= 0.3 is 0 Å². The van der Waals surface area contributed by atoms with E-state index in [0.29, 0.717) is 6.42 Å². The zero-order chi connectivity index (χ0) is 8.53. The van der Waals surface area contributed by atoms with Crippen LogP contribution < -0.4 is 5.32 Å². The van der Waals surface area contributed by atoms with Gasteiger partial charge in [0.2, 0.25) is 0 Å². The van der Waals surface area contributed by atoms with Crippen LogP contribution in [0.2, 0.25) is 0 Å². The molecule has 0 heterocycles. The number of hydrogen-bond acceptors (Lipinski definition) is 2. The van der Waals surface area contributed by atoms with Gasteiger partial charge < -0.3 is 5.32 Å². The molecule has 0 aromatic rings. The lowest BCUT2D eigenvalue weighted by atomic mass is 10.2. The van der Waals surface area contributed by atoms with Crippen molar-refractivity contribution in [2.75, 3.05) is 13.1 Å². The molecule has 2 nitrogen and oxygen atoms in total. The van der Waals surface area contributed by atoms with E-state index in [1.54, 1.807) is 0 Å². The molecule has 0 saturated carbocycles. The third kappa shape index (κ3) is 9.67. The monoisotopic (exact) mass is 216 g/mol. The van der Waals surface area contributed by atoms with E-state index in [9.17, 15) is 0 Å². The van der Waals surface area contributed by atoms with Gasteiger partial charge in [0, 0.05) is 17.4 Å². The van der Waals surface area contributed by atoms with Crippen LogP contribution in [0.25, 0.3) is 0 Å². The summed E-state index contributed by atoms with van der Waals surface area (Å²) in [6.45, 7) is 5.47. The molecule has 1 N–H and O–H groups in total.